The molecule has 2 aromatic carbocycles. The van der Waals surface area contributed by atoms with E-state index in [-0.39, 0.29) is 6.42 Å². The number of hydrogen-bond acceptors (Lipinski definition) is 4. The molecule has 0 unspecified atom stereocenters. The molecule has 0 amide bonds. The summed E-state index contributed by atoms with van der Waals surface area (Å²) >= 11 is 0. The van der Waals surface area contributed by atoms with Crippen LogP contribution in [0.5, 0.6) is 11.5 Å². The van der Waals surface area contributed by atoms with Crippen LogP contribution in [-0.4, -0.2) is 5.52 Å². The zero-order chi connectivity index (χ0) is 16.9. The van der Waals surface area contributed by atoms with E-state index in [9.17, 15) is 9.36 Å². The molecule has 0 N–H and O–H groups in total. The first-order chi connectivity index (χ1) is 11.0. The van der Waals surface area contributed by atoms with Crippen molar-refractivity contribution in [2.75, 3.05) is 0 Å². The van der Waals surface area contributed by atoms with Gasteiger partial charge < -0.3 is 9.05 Å². The fraction of sp³-hybridized carbons (Fsp3) is 0.278. The van der Waals surface area contributed by atoms with E-state index in [1.165, 1.54) is 0 Å². The topological polar surface area (TPSA) is 52.6 Å². The van der Waals surface area contributed by atoms with E-state index in [2.05, 4.69) is 0 Å². The molecule has 4 nitrogen and oxygen atoms in total. The van der Waals surface area contributed by atoms with Crippen molar-refractivity contribution in [3.8, 4) is 11.5 Å². The van der Waals surface area contributed by atoms with E-state index in [1.54, 1.807) is 24.3 Å². The predicted octanol–water partition coefficient (Wildman–Crippen LogP) is 5.28. The molecule has 23 heavy (non-hydrogen) atoms. The minimum atomic E-state index is -3.96. The van der Waals surface area contributed by atoms with Crippen LogP contribution in [0.3, 0.4) is 0 Å². The van der Waals surface area contributed by atoms with Gasteiger partial charge in [0.1, 0.15) is 11.5 Å². The fourth-order valence-corrected chi connectivity index (χ4v) is 3.71. The van der Waals surface area contributed by atoms with Gasteiger partial charge in [0.05, 0.1) is 0 Å². The zero-order valence-electron chi connectivity index (χ0n) is 13.6. The van der Waals surface area contributed by atoms with Crippen LogP contribution >= 0.6 is 7.60 Å². The molecule has 0 saturated heterocycles. The van der Waals surface area contributed by atoms with Crippen LogP contribution < -0.4 is 9.05 Å². The highest BCUT2D eigenvalue weighted by atomic mass is 31.2. The van der Waals surface area contributed by atoms with Gasteiger partial charge in [-0.15, -0.1) is 0 Å². The molecule has 0 saturated carbocycles. The molecule has 5 heteroatoms. The standard InChI is InChI=1S/C18H21O4P/c1-4-9-18(19)23(20,21-16-12-7-5-10-14(16)2)22-17-13-8-6-11-15(17)3/h5-8,10-13H,4,9H2,1-3H3. The first-order valence-electron chi connectivity index (χ1n) is 7.60. The Balaban J connectivity index is 2.37. The molecular weight excluding hydrogens is 311 g/mol. The number of hydrogen-bond donors (Lipinski definition) is 0. The maximum absolute atomic E-state index is 13.2. The summed E-state index contributed by atoms with van der Waals surface area (Å²) in [4.78, 5) is 12.4. The fourth-order valence-electron chi connectivity index (χ4n) is 2.05. The second-order valence-corrected chi connectivity index (χ2v) is 7.21. The second-order valence-electron chi connectivity index (χ2n) is 5.35. The largest absolute Gasteiger partial charge is 0.498 e. The molecule has 0 aliphatic carbocycles. The van der Waals surface area contributed by atoms with Gasteiger partial charge in [-0.3, -0.25) is 4.79 Å². The maximum atomic E-state index is 13.2. The molecule has 0 aromatic heterocycles. The molecule has 0 spiro atoms. The smallest absolute Gasteiger partial charge is 0.411 e. The third-order valence-corrected chi connectivity index (χ3v) is 5.10. The molecule has 0 radical (unpaired) electrons. The Hall–Kier alpha value is -2.06. The van der Waals surface area contributed by atoms with Crippen molar-refractivity contribution in [1.82, 2.24) is 0 Å². The van der Waals surface area contributed by atoms with Crippen LogP contribution in [-0.2, 0) is 9.36 Å². The molecule has 0 aliphatic rings. The first-order valence-corrected chi connectivity index (χ1v) is 9.14. The Morgan fingerprint density at radius 3 is 1.74 bits per heavy atom. The Bertz CT molecular complexity index is 688. The van der Waals surface area contributed by atoms with Crippen molar-refractivity contribution in [2.45, 2.75) is 33.6 Å². The van der Waals surface area contributed by atoms with Gasteiger partial charge in [0.2, 0.25) is 0 Å². The third-order valence-electron chi connectivity index (χ3n) is 3.39. The molecule has 2 rings (SSSR count). The molecule has 0 bridgehead atoms. The molecule has 0 heterocycles. The summed E-state index contributed by atoms with van der Waals surface area (Å²) < 4.78 is 24.3. The number of carbonyl (C=O) groups excluding carboxylic acids is 1. The molecule has 2 aromatic rings. The lowest BCUT2D eigenvalue weighted by atomic mass is 10.2. The van der Waals surface area contributed by atoms with Gasteiger partial charge in [-0.25, -0.2) is 4.57 Å². The van der Waals surface area contributed by atoms with Crippen molar-refractivity contribution in [2.24, 2.45) is 0 Å². The second kappa shape index (κ2) is 7.47. The molecule has 0 fully saturated rings. The highest BCUT2D eigenvalue weighted by Crippen LogP contribution is 2.51. The van der Waals surface area contributed by atoms with Gasteiger partial charge in [0.25, 0.3) is 5.52 Å². The normalized spacial score (nSPS) is 11.1. The van der Waals surface area contributed by atoms with Crippen LogP contribution in [0.25, 0.3) is 0 Å². The summed E-state index contributed by atoms with van der Waals surface area (Å²) in [5, 5.41) is 0. The van der Waals surface area contributed by atoms with E-state index in [4.69, 9.17) is 9.05 Å². The Kier molecular flexibility index (Phi) is 5.62. The lowest BCUT2D eigenvalue weighted by molar-refractivity contribution is -0.113. The van der Waals surface area contributed by atoms with Gasteiger partial charge in [-0.05, 0) is 43.5 Å². The van der Waals surface area contributed by atoms with E-state index in [0.29, 0.717) is 17.9 Å². The average Bonchev–Trinajstić information content (AvgIpc) is 2.52. The van der Waals surface area contributed by atoms with E-state index < -0.39 is 13.1 Å². The van der Waals surface area contributed by atoms with Crippen LogP contribution in [0, 0.1) is 13.8 Å². The monoisotopic (exact) mass is 332 g/mol. The van der Waals surface area contributed by atoms with Gasteiger partial charge in [0.15, 0.2) is 0 Å². The first kappa shape index (κ1) is 17.3. The van der Waals surface area contributed by atoms with Crippen molar-refractivity contribution in [1.29, 1.82) is 0 Å². The minimum absolute atomic E-state index is 0.148. The number of benzene rings is 2. The highest BCUT2D eigenvalue weighted by molar-refractivity contribution is 7.72. The zero-order valence-corrected chi connectivity index (χ0v) is 14.5. The molecule has 0 atom stereocenters. The van der Waals surface area contributed by atoms with E-state index in [1.807, 2.05) is 45.0 Å². The van der Waals surface area contributed by atoms with Crippen LogP contribution in [0.4, 0.5) is 0 Å². The maximum Gasteiger partial charge on any atom is 0.498 e. The summed E-state index contributed by atoms with van der Waals surface area (Å²) in [6.07, 6.45) is 0.728. The highest BCUT2D eigenvalue weighted by Gasteiger charge is 2.38. The van der Waals surface area contributed by atoms with Crippen molar-refractivity contribution >= 4 is 13.1 Å². The van der Waals surface area contributed by atoms with Crippen molar-refractivity contribution in [3.05, 3.63) is 59.7 Å². The van der Waals surface area contributed by atoms with E-state index >= 15 is 0 Å². The molecular formula is C18H21O4P. The van der Waals surface area contributed by atoms with Crippen LogP contribution in [0.2, 0.25) is 0 Å². The van der Waals surface area contributed by atoms with Gasteiger partial charge in [0, 0.05) is 6.42 Å². The minimum Gasteiger partial charge on any atom is -0.411 e. The summed E-state index contributed by atoms with van der Waals surface area (Å²) in [5.41, 5.74) is 1.09. The number of rotatable bonds is 7. The van der Waals surface area contributed by atoms with Crippen molar-refractivity contribution < 1.29 is 18.4 Å². The number of aryl methyl sites for hydroxylation is 2. The summed E-state index contributed by atoms with van der Waals surface area (Å²) in [7, 11) is -3.96. The summed E-state index contributed by atoms with van der Waals surface area (Å²) in [6, 6.07) is 14.3. The third kappa shape index (κ3) is 4.23. The van der Waals surface area contributed by atoms with Gasteiger partial charge in [-0.1, -0.05) is 43.3 Å². The lowest BCUT2D eigenvalue weighted by Gasteiger charge is -2.20. The molecule has 122 valence electrons. The Morgan fingerprint density at radius 2 is 1.35 bits per heavy atom. The van der Waals surface area contributed by atoms with Gasteiger partial charge in [-0.2, -0.15) is 0 Å². The van der Waals surface area contributed by atoms with Gasteiger partial charge >= 0.3 is 7.60 Å². The average molecular weight is 332 g/mol. The van der Waals surface area contributed by atoms with Crippen molar-refractivity contribution in [3.63, 3.8) is 0 Å². The SMILES string of the molecule is CCCC(=O)P(=O)(Oc1ccccc1C)Oc1ccccc1C. The Morgan fingerprint density at radius 1 is 0.913 bits per heavy atom. The van der Waals surface area contributed by atoms with Crippen LogP contribution in [0.15, 0.2) is 48.5 Å². The quantitative estimate of drug-likeness (QED) is 0.647. The summed E-state index contributed by atoms with van der Waals surface area (Å²) in [6.45, 7) is 5.51. The predicted molar refractivity (Wildman–Crippen MR) is 91.1 cm³/mol. The number of carbonyl (C=O) groups is 1. The lowest BCUT2D eigenvalue weighted by Crippen LogP contribution is -2.12. The number of para-hydroxylation sites is 2. The van der Waals surface area contributed by atoms with E-state index in [0.717, 1.165) is 11.1 Å². The van der Waals surface area contributed by atoms with Crippen LogP contribution in [0.1, 0.15) is 30.9 Å². The molecule has 0 aliphatic heterocycles. The summed E-state index contributed by atoms with van der Waals surface area (Å²) in [5.74, 6) is 0.794. The Labute approximate surface area is 137 Å².